The predicted octanol–water partition coefficient (Wildman–Crippen LogP) is 13.6. The SMILES string of the molecule is C/C=C/C1CCC(c2ccc(-c3ccc(C)cc3)cc2)CC1.CCC1CCC(C2CCC(COc3cc4c(c(F)c3F)OC(C)CC4)CC2)CC1. The van der Waals surface area contributed by atoms with Gasteiger partial charge in [0.2, 0.25) is 11.6 Å². The van der Waals surface area contributed by atoms with Crippen molar-refractivity contribution in [1.82, 2.24) is 0 Å². The molecule has 3 aromatic rings. The summed E-state index contributed by atoms with van der Waals surface area (Å²) < 4.78 is 40.2. The summed E-state index contributed by atoms with van der Waals surface area (Å²) >= 11 is 0. The Bertz CT molecular complexity index is 1540. The molecule has 0 saturated heterocycles. The van der Waals surface area contributed by atoms with Crippen molar-refractivity contribution in [3.8, 4) is 22.6 Å². The molecule has 3 aromatic carbocycles. The van der Waals surface area contributed by atoms with E-state index in [9.17, 15) is 8.78 Å². The normalized spacial score (nSPS) is 27.9. The van der Waals surface area contributed by atoms with E-state index < -0.39 is 11.6 Å². The van der Waals surface area contributed by atoms with Crippen LogP contribution in [0, 0.1) is 48.1 Å². The molecule has 1 aliphatic heterocycles. The van der Waals surface area contributed by atoms with Crippen molar-refractivity contribution >= 4 is 0 Å². The fraction of sp³-hybridized carbons (Fsp3) is 0.574. The highest BCUT2D eigenvalue weighted by atomic mass is 19.2. The lowest BCUT2D eigenvalue weighted by atomic mass is 9.69. The van der Waals surface area contributed by atoms with Gasteiger partial charge in [-0.25, -0.2) is 0 Å². The van der Waals surface area contributed by atoms with Gasteiger partial charge in [-0.15, -0.1) is 0 Å². The van der Waals surface area contributed by atoms with E-state index in [1.807, 2.05) is 6.92 Å². The Hall–Kier alpha value is -3.14. The van der Waals surface area contributed by atoms with E-state index in [0.717, 1.165) is 54.4 Å². The zero-order valence-electron chi connectivity index (χ0n) is 31.8. The van der Waals surface area contributed by atoms with Crippen LogP contribution in [0.2, 0.25) is 0 Å². The quantitative estimate of drug-likeness (QED) is 0.218. The second-order valence-corrected chi connectivity index (χ2v) is 16.4. The molecule has 3 aliphatic carbocycles. The lowest BCUT2D eigenvalue weighted by molar-refractivity contribution is 0.120. The molecule has 3 fully saturated rings. The molecule has 0 aromatic heterocycles. The number of aryl methyl sites for hydroxylation is 2. The number of rotatable bonds is 8. The van der Waals surface area contributed by atoms with E-state index in [-0.39, 0.29) is 17.6 Å². The lowest BCUT2D eigenvalue weighted by Gasteiger charge is -2.37. The summed E-state index contributed by atoms with van der Waals surface area (Å²) in [5.41, 5.74) is 6.21. The van der Waals surface area contributed by atoms with Crippen molar-refractivity contribution in [2.75, 3.05) is 6.61 Å². The number of halogens is 2. The van der Waals surface area contributed by atoms with Gasteiger partial charge >= 0.3 is 0 Å². The van der Waals surface area contributed by atoms with Crippen LogP contribution in [0.4, 0.5) is 8.78 Å². The van der Waals surface area contributed by atoms with Crippen molar-refractivity contribution in [3.05, 3.63) is 95.1 Å². The topological polar surface area (TPSA) is 18.5 Å². The van der Waals surface area contributed by atoms with Crippen LogP contribution in [-0.4, -0.2) is 12.7 Å². The van der Waals surface area contributed by atoms with Crippen LogP contribution in [0.5, 0.6) is 11.5 Å². The molecule has 0 amide bonds. The van der Waals surface area contributed by atoms with Gasteiger partial charge in [0.05, 0.1) is 12.7 Å². The standard InChI is InChI=1S/C25H36F2O2.C22H26/c1-3-17-5-10-19(11-6-17)20-12-7-18(8-13-20)15-28-22-14-21-9-4-16(2)29-25(21)24(27)23(22)26;1-3-4-18-7-11-20(12-8-18)22-15-13-21(14-16-22)19-9-5-17(2)6-10-19/h14,16-20H,3-13,15H2,1-2H3;3-6,9-10,13-16,18,20H,7-8,11-12H2,1-2H3/b;4-3+. The monoisotopic (exact) mass is 696 g/mol. The Morgan fingerprint density at radius 1 is 0.725 bits per heavy atom. The van der Waals surface area contributed by atoms with Gasteiger partial charge in [0, 0.05) is 5.56 Å². The predicted molar refractivity (Wildman–Crippen MR) is 208 cm³/mol. The third kappa shape index (κ3) is 9.85. The molecular formula is C47H62F2O2. The first kappa shape index (κ1) is 37.6. The van der Waals surface area contributed by atoms with E-state index in [1.54, 1.807) is 6.07 Å². The first-order valence-corrected chi connectivity index (χ1v) is 20.4. The summed E-state index contributed by atoms with van der Waals surface area (Å²) in [5, 5.41) is 0. The van der Waals surface area contributed by atoms with E-state index in [2.05, 4.69) is 81.5 Å². The summed E-state index contributed by atoms with van der Waals surface area (Å²) in [6, 6.07) is 19.7. The van der Waals surface area contributed by atoms with Crippen LogP contribution in [0.15, 0.2) is 66.7 Å². The molecule has 4 heteroatoms. The number of hydrogen-bond acceptors (Lipinski definition) is 2. The second-order valence-electron chi connectivity index (χ2n) is 16.4. The first-order valence-electron chi connectivity index (χ1n) is 20.4. The van der Waals surface area contributed by atoms with E-state index in [1.165, 1.54) is 92.9 Å². The minimum Gasteiger partial charge on any atom is -0.490 e. The molecule has 1 unspecified atom stereocenters. The summed E-state index contributed by atoms with van der Waals surface area (Å²) in [4.78, 5) is 0. The molecule has 1 atom stereocenters. The molecule has 51 heavy (non-hydrogen) atoms. The van der Waals surface area contributed by atoms with Crippen molar-refractivity contribution in [2.24, 2.45) is 29.6 Å². The number of fused-ring (bicyclic) bond motifs is 1. The van der Waals surface area contributed by atoms with Crippen LogP contribution >= 0.6 is 0 Å². The van der Waals surface area contributed by atoms with Crippen LogP contribution < -0.4 is 9.47 Å². The maximum Gasteiger partial charge on any atom is 0.204 e. The number of hydrogen-bond donors (Lipinski definition) is 0. The molecule has 0 bridgehead atoms. The minimum absolute atomic E-state index is 0.0550. The van der Waals surface area contributed by atoms with E-state index in [4.69, 9.17) is 9.47 Å². The maximum atomic E-state index is 14.5. The van der Waals surface area contributed by atoms with Crippen molar-refractivity contribution < 1.29 is 18.3 Å². The molecular weight excluding hydrogens is 635 g/mol. The van der Waals surface area contributed by atoms with Crippen LogP contribution in [0.1, 0.15) is 133 Å². The van der Waals surface area contributed by atoms with Gasteiger partial charge in [0.1, 0.15) is 0 Å². The Kier molecular flexibility index (Phi) is 13.3. The number of ether oxygens (including phenoxy) is 2. The van der Waals surface area contributed by atoms with Crippen molar-refractivity contribution in [1.29, 1.82) is 0 Å². The van der Waals surface area contributed by atoms with E-state index >= 15 is 0 Å². The average Bonchev–Trinajstić information content (AvgIpc) is 3.17. The fourth-order valence-corrected chi connectivity index (χ4v) is 9.39. The number of benzene rings is 3. The summed E-state index contributed by atoms with van der Waals surface area (Å²) in [7, 11) is 0. The van der Waals surface area contributed by atoms with Gasteiger partial charge in [-0.05, 0) is 156 Å². The molecule has 276 valence electrons. The molecule has 7 rings (SSSR count). The number of allylic oxidation sites excluding steroid dienone is 2. The molecule has 0 spiro atoms. The first-order chi connectivity index (χ1) is 24.8. The summed E-state index contributed by atoms with van der Waals surface area (Å²) in [5.74, 6) is 3.09. The zero-order chi connectivity index (χ0) is 35.7. The van der Waals surface area contributed by atoms with Crippen LogP contribution in [0.3, 0.4) is 0 Å². The van der Waals surface area contributed by atoms with Gasteiger partial charge in [-0.3, -0.25) is 0 Å². The van der Waals surface area contributed by atoms with Crippen molar-refractivity contribution in [3.63, 3.8) is 0 Å². The third-order valence-electron chi connectivity index (χ3n) is 12.8. The highest BCUT2D eigenvalue weighted by Crippen LogP contribution is 2.43. The van der Waals surface area contributed by atoms with Crippen molar-refractivity contribution in [2.45, 2.75) is 136 Å². The minimum atomic E-state index is -0.904. The highest BCUT2D eigenvalue weighted by molar-refractivity contribution is 5.64. The van der Waals surface area contributed by atoms with Gasteiger partial charge in [0.15, 0.2) is 11.5 Å². The largest absolute Gasteiger partial charge is 0.490 e. The summed E-state index contributed by atoms with van der Waals surface area (Å²) in [6.45, 7) is 8.96. The maximum absolute atomic E-state index is 14.5. The van der Waals surface area contributed by atoms with Gasteiger partial charge in [-0.2, -0.15) is 8.78 Å². The molecule has 0 N–H and O–H groups in total. The van der Waals surface area contributed by atoms with Gasteiger partial charge in [-0.1, -0.05) is 92.4 Å². The van der Waals surface area contributed by atoms with Gasteiger partial charge in [0.25, 0.3) is 0 Å². The Balaban J connectivity index is 0.000000183. The Morgan fingerprint density at radius 3 is 1.90 bits per heavy atom. The van der Waals surface area contributed by atoms with Crippen LogP contribution in [-0.2, 0) is 6.42 Å². The lowest BCUT2D eigenvalue weighted by Crippen LogP contribution is -2.27. The Morgan fingerprint density at radius 2 is 1.31 bits per heavy atom. The molecule has 3 saturated carbocycles. The average molecular weight is 697 g/mol. The zero-order valence-corrected chi connectivity index (χ0v) is 31.8. The van der Waals surface area contributed by atoms with Crippen LogP contribution in [0.25, 0.3) is 11.1 Å². The van der Waals surface area contributed by atoms with Gasteiger partial charge < -0.3 is 9.47 Å². The molecule has 2 nitrogen and oxygen atoms in total. The Labute approximate surface area is 307 Å². The molecule has 0 radical (unpaired) electrons. The molecule has 4 aliphatic rings. The smallest absolute Gasteiger partial charge is 0.204 e. The third-order valence-corrected chi connectivity index (χ3v) is 12.8. The second kappa shape index (κ2) is 18.1. The van der Waals surface area contributed by atoms with E-state index in [0.29, 0.717) is 18.9 Å². The fourth-order valence-electron chi connectivity index (χ4n) is 9.39. The highest BCUT2D eigenvalue weighted by Gasteiger charge is 2.31. The molecule has 1 heterocycles. The summed E-state index contributed by atoms with van der Waals surface area (Å²) in [6.07, 6.45) is 23.2.